The van der Waals surface area contributed by atoms with E-state index in [1.165, 1.54) is 4.88 Å². The molecule has 0 saturated carbocycles. The third-order valence-electron chi connectivity index (χ3n) is 5.14. The van der Waals surface area contributed by atoms with Crippen molar-refractivity contribution in [1.29, 1.82) is 0 Å². The maximum absolute atomic E-state index is 12.9. The molecule has 1 aliphatic heterocycles. The van der Waals surface area contributed by atoms with Crippen molar-refractivity contribution in [3.63, 3.8) is 0 Å². The Balaban J connectivity index is 1.47. The molecule has 1 aliphatic rings. The summed E-state index contributed by atoms with van der Waals surface area (Å²) >= 11 is 1.83. The molecule has 1 saturated heterocycles. The zero-order chi connectivity index (χ0) is 17.9. The van der Waals surface area contributed by atoms with E-state index in [1.54, 1.807) is 0 Å². The van der Waals surface area contributed by atoms with Gasteiger partial charge in [0.2, 0.25) is 0 Å². The third kappa shape index (κ3) is 3.49. The fourth-order valence-electron chi connectivity index (χ4n) is 3.76. The number of nitrogens with zero attached hydrogens (tertiary/aromatic N) is 4. The lowest BCUT2D eigenvalue weighted by Crippen LogP contribution is -2.47. The Labute approximate surface area is 158 Å². The summed E-state index contributed by atoms with van der Waals surface area (Å²) in [6, 6.07) is 12.5. The quantitative estimate of drug-likeness (QED) is 0.669. The number of hydrogen-bond donors (Lipinski definition) is 0. The normalized spacial score (nSPS) is 16.5. The Morgan fingerprint density at radius 2 is 1.62 bits per heavy atom. The minimum Gasteiger partial charge on any atom is -0.296 e. The summed E-state index contributed by atoms with van der Waals surface area (Å²) in [5.41, 5.74) is 2.22. The average Bonchev–Trinajstić information content (AvgIpc) is 3.26. The van der Waals surface area contributed by atoms with Crippen LogP contribution in [-0.2, 0) is 19.8 Å². The number of benzene rings is 1. The van der Waals surface area contributed by atoms with Crippen LogP contribution >= 0.6 is 11.3 Å². The number of fused-ring (bicyclic) bond motifs is 1. The predicted octanol–water partition coefficient (Wildman–Crippen LogP) is 3.05. The first kappa shape index (κ1) is 17.5. The Bertz CT molecular complexity index is 904. The van der Waals surface area contributed by atoms with Gasteiger partial charge >= 0.3 is 5.69 Å². The van der Waals surface area contributed by atoms with Crippen LogP contribution in [0.15, 0.2) is 46.6 Å². The van der Waals surface area contributed by atoms with Crippen LogP contribution in [0.2, 0.25) is 0 Å². The van der Waals surface area contributed by atoms with Crippen molar-refractivity contribution in [1.82, 2.24) is 18.9 Å². The lowest BCUT2D eigenvalue weighted by molar-refractivity contribution is 0.104. The van der Waals surface area contributed by atoms with Crippen LogP contribution in [-0.4, -0.2) is 45.1 Å². The number of para-hydroxylation sites is 2. The molecule has 1 aromatic carbocycles. The molecule has 0 bridgehead atoms. The molecule has 138 valence electrons. The van der Waals surface area contributed by atoms with Crippen LogP contribution in [0.5, 0.6) is 0 Å². The Morgan fingerprint density at radius 3 is 2.27 bits per heavy atom. The van der Waals surface area contributed by atoms with Crippen LogP contribution in [0.25, 0.3) is 11.0 Å². The van der Waals surface area contributed by atoms with Crippen molar-refractivity contribution >= 4 is 22.4 Å². The Kier molecular flexibility index (Phi) is 5.24. The van der Waals surface area contributed by atoms with E-state index in [4.69, 9.17) is 0 Å². The van der Waals surface area contributed by atoms with Crippen LogP contribution in [0.4, 0.5) is 0 Å². The van der Waals surface area contributed by atoms with E-state index in [0.717, 1.165) is 56.7 Å². The maximum atomic E-state index is 12.9. The summed E-state index contributed by atoms with van der Waals surface area (Å²) in [6.07, 6.45) is 0.968. The lowest BCUT2D eigenvalue weighted by Gasteiger charge is -2.34. The SMILES string of the molecule is CCCn1c(=O)n(CN2CCN(Cc3cccs3)CC2)c2ccccc21. The first-order chi connectivity index (χ1) is 12.8. The molecule has 2 aromatic heterocycles. The molecule has 0 spiro atoms. The summed E-state index contributed by atoms with van der Waals surface area (Å²) in [7, 11) is 0. The minimum absolute atomic E-state index is 0.120. The van der Waals surface area contributed by atoms with Crippen LogP contribution in [0.1, 0.15) is 18.2 Å². The number of aromatic nitrogens is 2. The van der Waals surface area contributed by atoms with Crippen molar-refractivity contribution in [3.05, 3.63) is 57.1 Å². The van der Waals surface area contributed by atoms with Gasteiger partial charge in [-0.2, -0.15) is 0 Å². The maximum Gasteiger partial charge on any atom is 0.330 e. The van der Waals surface area contributed by atoms with Gasteiger partial charge in [-0.25, -0.2) is 4.79 Å². The largest absolute Gasteiger partial charge is 0.330 e. The standard InChI is InChI=1S/C20H26N4OS/c1-2-9-23-18-7-3-4-8-19(18)24(20(23)25)16-22-12-10-21(11-13-22)15-17-6-5-14-26-17/h3-8,14H,2,9-13,15-16H2,1H3. The molecular weight excluding hydrogens is 344 g/mol. The molecule has 1 fully saturated rings. The molecule has 4 rings (SSSR count). The highest BCUT2D eigenvalue weighted by Crippen LogP contribution is 2.16. The highest BCUT2D eigenvalue weighted by atomic mass is 32.1. The average molecular weight is 371 g/mol. The molecule has 5 nitrogen and oxygen atoms in total. The fourth-order valence-corrected chi connectivity index (χ4v) is 4.51. The number of thiophene rings is 1. The molecule has 0 aliphatic carbocycles. The Morgan fingerprint density at radius 1 is 0.923 bits per heavy atom. The summed E-state index contributed by atoms with van der Waals surface area (Å²) in [5.74, 6) is 0. The number of piperazine rings is 1. The highest BCUT2D eigenvalue weighted by molar-refractivity contribution is 7.09. The number of aryl methyl sites for hydroxylation is 1. The zero-order valence-corrected chi connectivity index (χ0v) is 16.1. The van der Waals surface area contributed by atoms with Gasteiger partial charge in [0.05, 0.1) is 17.7 Å². The van der Waals surface area contributed by atoms with E-state index in [0.29, 0.717) is 6.67 Å². The van der Waals surface area contributed by atoms with Gasteiger partial charge in [-0.1, -0.05) is 25.1 Å². The van der Waals surface area contributed by atoms with E-state index in [9.17, 15) is 4.79 Å². The fraction of sp³-hybridized carbons (Fsp3) is 0.450. The van der Waals surface area contributed by atoms with Crippen molar-refractivity contribution in [2.45, 2.75) is 33.1 Å². The van der Waals surface area contributed by atoms with Gasteiger partial charge in [0.15, 0.2) is 0 Å². The van der Waals surface area contributed by atoms with Crippen molar-refractivity contribution in [3.8, 4) is 0 Å². The zero-order valence-electron chi connectivity index (χ0n) is 15.3. The van der Waals surface area contributed by atoms with E-state index in [2.05, 4.69) is 46.4 Å². The summed E-state index contributed by atoms with van der Waals surface area (Å²) in [4.78, 5) is 19.2. The van der Waals surface area contributed by atoms with Gasteiger partial charge in [-0.15, -0.1) is 11.3 Å². The van der Waals surface area contributed by atoms with Crippen molar-refractivity contribution in [2.75, 3.05) is 26.2 Å². The van der Waals surface area contributed by atoms with E-state index in [1.807, 2.05) is 32.6 Å². The summed E-state index contributed by atoms with van der Waals surface area (Å²) in [5, 5.41) is 2.14. The lowest BCUT2D eigenvalue weighted by atomic mass is 10.3. The van der Waals surface area contributed by atoms with Gasteiger partial charge in [-0.05, 0) is 30.0 Å². The molecule has 0 atom stereocenters. The number of hydrogen-bond acceptors (Lipinski definition) is 4. The monoisotopic (exact) mass is 370 g/mol. The first-order valence-electron chi connectivity index (χ1n) is 9.41. The Hall–Kier alpha value is -1.89. The van der Waals surface area contributed by atoms with Crippen LogP contribution in [0.3, 0.4) is 0 Å². The summed E-state index contributed by atoms with van der Waals surface area (Å²) < 4.78 is 3.86. The van der Waals surface area contributed by atoms with Gasteiger partial charge in [0.25, 0.3) is 0 Å². The van der Waals surface area contributed by atoms with E-state index >= 15 is 0 Å². The molecule has 0 radical (unpaired) electrons. The molecule has 26 heavy (non-hydrogen) atoms. The number of rotatable bonds is 6. The van der Waals surface area contributed by atoms with Crippen molar-refractivity contribution in [2.24, 2.45) is 0 Å². The predicted molar refractivity (Wildman–Crippen MR) is 108 cm³/mol. The molecule has 0 N–H and O–H groups in total. The highest BCUT2D eigenvalue weighted by Gasteiger charge is 2.20. The van der Waals surface area contributed by atoms with Gasteiger partial charge < -0.3 is 0 Å². The molecule has 0 amide bonds. The molecule has 0 unspecified atom stereocenters. The van der Waals surface area contributed by atoms with Crippen LogP contribution in [0, 0.1) is 0 Å². The van der Waals surface area contributed by atoms with Crippen LogP contribution < -0.4 is 5.69 Å². The van der Waals surface area contributed by atoms with E-state index in [-0.39, 0.29) is 5.69 Å². The smallest absolute Gasteiger partial charge is 0.296 e. The molecule has 3 aromatic rings. The van der Waals surface area contributed by atoms with Gasteiger partial charge in [-0.3, -0.25) is 18.9 Å². The molecular formula is C20H26N4OS. The van der Waals surface area contributed by atoms with E-state index < -0.39 is 0 Å². The van der Waals surface area contributed by atoms with Crippen molar-refractivity contribution < 1.29 is 0 Å². The van der Waals surface area contributed by atoms with Gasteiger partial charge in [0.1, 0.15) is 0 Å². The second-order valence-corrected chi connectivity index (χ2v) is 8.00. The first-order valence-corrected chi connectivity index (χ1v) is 10.3. The molecule has 6 heteroatoms. The minimum atomic E-state index is 0.120. The second kappa shape index (κ2) is 7.78. The second-order valence-electron chi connectivity index (χ2n) is 6.97. The topological polar surface area (TPSA) is 33.4 Å². The third-order valence-corrected chi connectivity index (χ3v) is 6.00. The molecule has 3 heterocycles. The van der Waals surface area contributed by atoms with Gasteiger partial charge in [0, 0.05) is 44.1 Å². The summed E-state index contributed by atoms with van der Waals surface area (Å²) in [6.45, 7) is 8.74. The number of imidazole rings is 1.